The first-order valence-electron chi connectivity index (χ1n) is 5.05. The van der Waals surface area contributed by atoms with E-state index in [9.17, 15) is 0 Å². The lowest BCUT2D eigenvalue weighted by Gasteiger charge is -2.15. The fourth-order valence-electron chi connectivity index (χ4n) is 1.69. The minimum Gasteiger partial charge on any atom is -0.309 e. The average molecular weight is 253 g/mol. The fourth-order valence-corrected chi connectivity index (χ4v) is 2.76. The number of thiazole rings is 1. The van der Waals surface area contributed by atoms with Crippen LogP contribution in [-0.2, 0) is 0 Å². The Balaban J connectivity index is 2.37. The maximum absolute atomic E-state index is 5.89. The molecule has 0 fully saturated rings. The third-order valence-corrected chi connectivity index (χ3v) is 3.78. The van der Waals surface area contributed by atoms with E-state index in [1.807, 2.05) is 43.7 Å². The zero-order valence-corrected chi connectivity index (χ0v) is 10.8. The predicted molar refractivity (Wildman–Crippen MR) is 69.2 cm³/mol. The normalized spacial score (nSPS) is 12.7. The molecule has 0 aliphatic carbocycles. The average Bonchev–Trinajstić information content (AvgIpc) is 2.69. The first-order chi connectivity index (χ1) is 7.72. The Morgan fingerprint density at radius 1 is 1.31 bits per heavy atom. The highest BCUT2D eigenvalue weighted by molar-refractivity contribution is 7.09. The molecule has 4 heteroatoms. The number of benzene rings is 1. The molecule has 16 heavy (non-hydrogen) atoms. The van der Waals surface area contributed by atoms with E-state index in [4.69, 9.17) is 11.6 Å². The van der Waals surface area contributed by atoms with Gasteiger partial charge < -0.3 is 5.32 Å². The van der Waals surface area contributed by atoms with Crippen molar-refractivity contribution in [3.63, 3.8) is 0 Å². The van der Waals surface area contributed by atoms with Gasteiger partial charge in [-0.15, -0.1) is 11.3 Å². The molecule has 2 nitrogen and oxygen atoms in total. The summed E-state index contributed by atoms with van der Waals surface area (Å²) in [5.74, 6) is 0. The van der Waals surface area contributed by atoms with Gasteiger partial charge in [-0.2, -0.15) is 0 Å². The summed E-state index contributed by atoms with van der Waals surface area (Å²) in [6.45, 7) is 2.03. The number of hydrogen-bond donors (Lipinski definition) is 1. The Hall–Kier alpha value is -0.900. The van der Waals surface area contributed by atoms with Crippen LogP contribution in [0.4, 0.5) is 0 Å². The Kier molecular flexibility index (Phi) is 3.59. The molecular weight excluding hydrogens is 240 g/mol. The molecule has 1 atom stereocenters. The highest BCUT2D eigenvalue weighted by Gasteiger charge is 2.15. The lowest BCUT2D eigenvalue weighted by atomic mass is 10.0. The van der Waals surface area contributed by atoms with Crippen LogP contribution >= 0.6 is 22.9 Å². The molecule has 1 aromatic heterocycles. The van der Waals surface area contributed by atoms with Crippen molar-refractivity contribution in [2.24, 2.45) is 0 Å². The van der Waals surface area contributed by atoms with Crippen LogP contribution in [0.15, 0.2) is 29.8 Å². The van der Waals surface area contributed by atoms with Crippen molar-refractivity contribution in [1.29, 1.82) is 0 Å². The van der Waals surface area contributed by atoms with E-state index in [2.05, 4.69) is 10.3 Å². The molecule has 2 rings (SSSR count). The zero-order valence-electron chi connectivity index (χ0n) is 9.20. The first kappa shape index (κ1) is 11.6. The first-order valence-corrected chi connectivity index (χ1v) is 6.31. The molecular formula is C12H13ClN2S. The van der Waals surface area contributed by atoms with Gasteiger partial charge in [0.1, 0.15) is 0 Å². The number of nitrogens with zero attached hydrogens (tertiary/aromatic N) is 1. The van der Waals surface area contributed by atoms with Gasteiger partial charge >= 0.3 is 0 Å². The van der Waals surface area contributed by atoms with Crippen LogP contribution in [0.25, 0.3) is 0 Å². The summed E-state index contributed by atoms with van der Waals surface area (Å²) in [7, 11) is 1.96. The summed E-state index contributed by atoms with van der Waals surface area (Å²) in [5.41, 5.74) is 4.17. The van der Waals surface area contributed by atoms with E-state index < -0.39 is 0 Å². The summed E-state index contributed by atoms with van der Waals surface area (Å²) < 4.78 is 0. The molecule has 1 N–H and O–H groups in total. The van der Waals surface area contributed by atoms with Gasteiger partial charge in [0.25, 0.3) is 0 Å². The molecule has 1 unspecified atom stereocenters. The molecule has 1 heterocycles. The van der Waals surface area contributed by atoms with Gasteiger partial charge in [-0.1, -0.05) is 23.7 Å². The van der Waals surface area contributed by atoms with Gasteiger partial charge in [0.15, 0.2) is 0 Å². The zero-order chi connectivity index (χ0) is 11.5. The molecule has 84 valence electrons. The SMILES string of the molecule is CNC(c1ccc(Cl)cc1)c1scnc1C. The lowest BCUT2D eigenvalue weighted by Crippen LogP contribution is -2.17. The molecule has 2 aromatic rings. The van der Waals surface area contributed by atoms with Gasteiger partial charge in [0, 0.05) is 9.90 Å². The van der Waals surface area contributed by atoms with Crippen LogP contribution in [-0.4, -0.2) is 12.0 Å². The molecule has 0 radical (unpaired) electrons. The van der Waals surface area contributed by atoms with Crippen molar-refractivity contribution >= 4 is 22.9 Å². The Bertz CT molecular complexity index is 464. The van der Waals surface area contributed by atoms with Crippen molar-refractivity contribution in [2.45, 2.75) is 13.0 Å². The number of rotatable bonds is 3. The summed E-state index contributed by atoms with van der Waals surface area (Å²) >= 11 is 7.56. The highest BCUT2D eigenvalue weighted by Crippen LogP contribution is 2.28. The second-order valence-corrected chi connectivity index (χ2v) is 4.90. The van der Waals surface area contributed by atoms with Crippen molar-refractivity contribution < 1.29 is 0 Å². The standard InChI is InChI=1S/C12H13ClN2S/c1-8-12(16-7-15-8)11(14-2)9-3-5-10(13)6-4-9/h3-7,11,14H,1-2H3. The molecule has 0 spiro atoms. The summed E-state index contributed by atoms with van der Waals surface area (Å²) in [4.78, 5) is 5.54. The minimum absolute atomic E-state index is 0.199. The second-order valence-electron chi connectivity index (χ2n) is 3.58. The summed E-state index contributed by atoms with van der Waals surface area (Å²) in [5, 5.41) is 4.07. The molecule has 0 amide bonds. The van der Waals surface area contributed by atoms with Gasteiger partial charge in [-0.25, -0.2) is 4.98 Å². The number of hydrogen-bond acceptors (Lipinski definition) is 3. The third kappa shape index (κ3) is 2.26. The number of aryl methyl sites for hydroxylation is 1. The number of nitrogens with one attached hydrogen (secondary N) is 1. The quantitative estimate of drug-likeness (QED) is 0.906. The Labute approximate surface area is 104 Å². The minimum atomic E-state index is 0.199. The van der Waals surface area contributed by atoms with Crippen LogP contribution < -0.4 is 5.32 Å². The molecule has 0 aliphatic rings. The summed E-state index contributed by atoms with van der Waals surface area (Å²) in [6.07, 6.45) is 0. The van der Waals surface area contributed by atoms with E-state index in [1.54, 1.807) is 11.3 Å². The largest absolute Gasteiger partial charge is 0.309 e. The molecule has 0 saturated heterocycles. The van der Waals surface area contributed by atoms with E-state index >= 15 is 0 Å². The Morgan fingerprint density at radius 2 is 2.00 bits per heavy atom. The second kappa shape index (κ2) is 4.95. The van der Waals surface area contributed by atoms with Crippen molar-refractivity contribution in [1.82, 2.24) is 10.3 Å². The third-order valence-electron chi connectivity index (χ3n) is 2.54. The van der Waals surface area contributed by atoms with Gasteiger partial charge in [-0.3, -0.25) is 0 Å². The molecule has 0 saturated carbocycles. The van der Waals surface area contributed by atoms with E-state index in [0.29, 0.717) is 0 Å². The smallest absolute Gasteiger partial charge is 0.0798 e. The van der Waals surface area contributed by atoms with Crippen molar-refractivity contribution in [3.05, 3.63) is 50.9 Å². The van der Waals surface area contributed by atoms with Gasteiger partial charge in [0.05, 0.1) is 17.2 Å². The molecule has 0 aliphatic heterocycles. The van der Waals surface area contributed by atoms with Gasteiger partial charge in [0.2, 0.25) is 0 Å². The molecule has 0 bridgehead atoms. The number of halogens is 1. The monoisotopic (exact) mass is 252 g/mol. The maximum atomic E-state index is 5.89. The van der Waals surface area contributed by atoms with Crippen LogP contribution in [0.3, 0.4) is 0 Å². The number of aromatic nitrogens is 1. The van der Waals surface area contributed by atoms with Crippen LogP contribution in [0, 0.1) is 6.92 Å². The van der Waals surface area contributed by atoms with Crippen LogP contribution in [0.1, 0.15) is 22.2 Å². The van der Waals surface area contributed by atoms with Crippen LogP contribution in [0.2, 0.25) is 5.02 Å². The van der Waals surface area contributed by atoms with Gasteiger partial charge in [-0.05, 0) is 31.7 Å². The van der Waals surface area contributed by atoms with E-state index in [0.717, 1.165) is 10.7 Å². The van der Waals surface area contributed by atoms with E-state index in [1.165, 1.54) is 10.4 Å². The van der Waals surface area contributed by atoms with Crippen molar-refractivity contribution in [3.8, 4) is 0 Å². The Morgan fingerprint density at radius 3 is 2.50 bits per heavy atom. The topological polar surface area (TPSA) is 24.9 Å². The van der Waals surface area contributed by atoms with Crippen LogP contribution in [0.5, 0.6) is 0 Å². The van der Waals surface area contributed by atoms with E-state index in [-0.39, 0.29) is 6.04 Å². The lowest BCUT2D eigenvalue weighted by molar-refractivity contribution is 0.698. The fraction of sp³-hybridized carbons (Fsp3) is 0.250. The highest BCUT2D eigenvalue weighted by atomic mass is 35.5. The maximum Gasteiger partial charge on any atom is 0.0798 e. The van der Waals surface area contributed by atoms with Crippen molar-refractivity contribution in [2.75, 3.05) is 7.05 Å². The predicted octanol–water partition coefficient (Wildman–Crippen LogP) is 3.41. The molecule has 1 aromatic carbocycles. The summed E-state index contributed by atoms with van der Waals surface area (Å²) in [6, 6.07) is 8.12.